The Morgan fingerprint density at radius 1 is 1.14 bits per heavy atom. The number of carbonyl (C=O) groups excluding carboxylic acids is 3. The fourth-order valence-corrected chi connectivity index (χ4v) is 2.02. The fraction of sp³-hybridized carbons (Fsp3) is 0.357. The number of hydrogen-bond acceptors (Lipinski definition) is 5. The molecule has 0 aliphatic heterocycles. The Balaban J connectivity index is 2.16. The van der Waals surface area contributed by atoms with Crippen molar-refractivity contribution in [2.45, 2.75) is 13.5 Å². The number of imide groups is 1. The van der Waals surface area contributed by atoms with Crippen LogP contribution in [0.5, 0.6) is 0 Å². The molecule has 114 valence electrons. The van der Waals surface area contributed by atoms with E-state index in [0.717, 1.165) is 17.3 Å². The van der Waals surface area contributed by atoms with Crippen molar-refractivity contribution in [2.75, 3.05) is 18.1 Å². The number of nitrogens with one attached hydrogen (secondary N) is 2. The molecule has 0 atom stereocenters. The average molecular weight is 310 g/mol. The van der Waals surface area contributed by atoms with Crippen LogP contribution in [0.1, 0.15) is 12.5 Å². The second-order valence-corrected chi connectivity index (χ2v) is 5.00. The minimum Gasteiger partial charge on any atom is -0.465 e. The molecule has 7 heteroatoms. The molecule has 0 unspecified atom stereocenters. The molecule has 0 fully saturated rings. The minimum absolute atomic E-state index is 0.0254. The maximum absolute atomic E-state index is 11.5. The maximum atomic E-state index is 11.5. The molecule has 0 spiro atoms. The van der Waals surface area contributed by atoms with Crippen LogP contribution in [-0.2, 0) is 20.9 Å². The molecule has 0 saturated heterocycles. The number of esters is 1. The summed E-state index contributed by atoms with van der Waals surface area (Å²) in [7, 11) is 0. The minimum atomic E-state index is -0.555. The van der Waals surface area contributed by atoms with Crippen LogP contribution in [0.15, 0.2) is 30.3 Å². The average Bonchev–Trinajstić information content (AvgIpc) is 2.46. The Hall–Kier alpha value is -2.02. The first-order chi connectivity index (χ1) is 10.1. The number of benzene rings is 1. The summed E-state index contributed by atoms with van der Waals surface area (Å²) < 4.78 is 4.72. The van der Waals surface area contributed by atoms with Gasteiger partial charge in [0.2, 0.25) is 5.91 Å². The first-order valence-electron chi connectivity index (χ1n) is 6.46. The van der Waals surface area contributed by atoms with Gasteiger partial charge in [-0.1, -0.05) is 30.3 Å². The van der Waals surface area contributed by atoms with Gasteiger partial charge in [-0.05, 0) is 12.5 Å². The van der Waals surface area contributed by atoms with Gasteiger partial charge in [0.05, 0.1) is 18.1 Å². The maximum Gasteiger partial charge on any atom is 0.321 e. The van der Waals surface area contributed by atoms with Crippen LogP contribution in [0, 0.1) is 0 Å². The largest absolute Gasteiger partial charge is 0.465 e. The monoisotopic (exact) mass is 310 g/mol. The molecule has 0 saturated carbocycles. The smallest absolute Gasteiger partial charge is 0.321 e. The van der Waals surface area contributed by atoms with Crippen molar-refractivity contribution < 1.29 is 19.1 Å². The van der Waals surface area contributed by atoms with Crippen molar-refractivity contribution >= 4 is 29.7 Å². The Labute approximate surface area is 127 Å². The zero-order valence-electron chi connectivity index (χ0n) is 11.8. The zero-order valence-corrected chi connectivity index (χ0v) is 12.6. The standard InChI is InChI=1S/C14H18N2O4S/c1-2-20-13(18)10-21-9-12(17)16-14(19)15-8-11-6-4-3-5-7-11/h3-7H,2,8-10H2,1H3,(H2,15,16,17,19). The summed E-state index contributed by atoms with van der Waals surface area (Å²) in [5.74, 6) is -0.705. The Morgan fingerprint density at radius 3 is 2.52 bits per heavy atom. The van der Waals surface area contributed by atoms with Crippen molar-refractivity contribution in [2.24, 2.45) is 0 Å². The molecule has 3 amide bonds. The molecule has 1 aromatic carbocycles. The first kappa shape index (κ1) is 17.0. The highest BCUT2D eigenvalue weighted by molar-refractivity contribution is 8.00. The van der Waals surface area contributed by atoms with E-state index in [9.17, 15) is 14.4 Å². The second kappa shape index (κ2) is 9.82. The van der Waals surface area contributed by atoms with Gasteiger partial charge in [0, 0.05) is 6.54 Å². The Kier molecular flexibility index (Phi) is 7.96. The van der Waals surface area contributed by atoms with Crippen LogP contribution in [0.3, 0.4) is 0 Å². The number of urea groups is 1. The Morgan fingerprint density at radius 2 is 1.86 bits per heavy atom. The lowest BCUT2D eigenvalue weighted by molar-refractivity contribution is -0.139. The highest BCUT2D eigenvalue weighted by Crippen LogP contribution is 2.00. The molecule has 0 heterocycles. The van der Waals surface area contributed by atoms with Crippen LogP contribution < -0.4 is 10.6 Å². The summed E-state index contributed by atoms with van der Waals surface area (Å²) in [5, 5.41) is 4.77. The van der Waals surface area contributed by atoms with Crippen LogP contribution in [0.4, 0.5) is 4.79 Å². The van der Waals surface area contributed by atoms with Crippen molar-refractivity contribution in [3.8, 4) is 0 Å². The lowest BCUT2D eigenvalue weighted by Gasteiger charge is -2.06. The molecule has 2 N–H and O–H groups in total. The summed E-state index contributed by atoms with van der Waals surface area (Å²) in [4.78, 5) is 34.0. The molecule has 0 aliphatic carbocycles. The SMILES string of the molecule is CCOC(=O)CSCC(=O)NC(=O)NCc1ccccc1. The van der Waals surface area contributed by atoms with Gasteiger partial charge < -0.3 is 10.1 Å². The molecular weight excluding hydrogens is 292 g/mol. The molecule has 0 bridgehead atoms. The van der Waals surface area contributed by atoms with Gasteiger partial charge in [-0.3, -0.25) is 14.9 Å². The summed E-state index contributed by atoms with van der Waals surface area (Å²) in [6.45, 7) is 2.37. The van der Waals surface area contributed by atoms with E-state index in [1.807, 2.05) is 30.3 Å². The Bertz CT molecular complexity index is 479. The molecule has 6 nitrogen and oxygen atoms in total. The van der Waals surface area contributed by atoms with E-state index in [2.05, 4.69) is 10.6 Å². The van der Waals surface area contributed by atoms with E-state index >= 15 is 0 Å². The third-order valence-electron chi connectivity index (χ3n) is 2.31. The fourth-order valence-electron chi connectivity index (χ4n) is 1.41. The van der Waals surface area contributed by atoms with Crippen molar-refractivity contribution in [3.63, 3.8) is 0 Å². The molecule has 1 aromatic rings. The van der Waals surface area contributed by atoms with E-state index in [4.69, 9.17) is 4.74 Å². The van der Waals surface area contributed by atoms with Gasteiger partial charge in [0.1, 0.15) is 0 Å². The van der Waals surface area contributed by atoms with Crippen LogP contribution >= 0.6 is 11.8 Å². The van der Waals surface area contributed by atoms with E-state index in [0.29, 0.717) is 13.2 Å². The predicted molar refractivity (Wildman–Crippen MR) is 80.8 cm³/mol. The van der Waals surface area contributed by atoms with Gasteiger partial charge in [-0.25, -0.2) is 4.79 Å². The van der Waals surface area contributed by atoms with Crippen LogP contribution in [-0.4, -0.2) is 36.0 Å². The highest BCUT2D eigenvalue weighted by Gasteiger charge is 2.09. The molecule has 0 aromatic heterocycles. The third kappa shape index (κ3) is 7.98. The van der Waals surface area contributed by atoms with Gasteiger partial charge in [0.25, 0.3) is 0 Å². The number of hydrogen-bond donors (Lipinski definition) is 2. The highest BCUT2D eigenvalue weighted by atomic mass is 32.2. The lowest BCUT2D eigenvalue weighted by atomic mass is 10.2. The number of amides is 3. The second-order valence-electron chi connectivity index (χ2n) is 4.01. The molecule has 21 heavy (non-hydrogen) atoms. The van der Waals surface area contributed by atoms with Crippen molar-refractivity contribution in [3.05, 3.63) is 35.9 Å². The molecular formula is C14H18N2O4S. The normalized spacial score (nSPS) is 9.76. The van der Waals surface area contributed by atoms with Crippen molar-refractivity contribution in [1.29, 1.82) is 0 Å². The quantitative estimate of drug-likeness (QED) is 0.742. The summed E-state index contributed by atoms with van der Waals surface area (Å²) in [6, 6.07) is 8.81. The molecule has 0 aliphatic rings. The molecule has 0 radical (unpaired) electrons. The van der Waals surface area contributed by atoms with E-state index in [-0.39, 0.29) is 17.5 Å². The van der Waals surface area contributed by atoms with Gasteiger partial charge in [-0.15, -0.1) is 11.8 Å². The van der Waals surface area contributed by atoms with Crippen molar-refractivity contribution in [1.82, 2.24) is 10.6 Å². The number of carbonyl (C=O) groups is 3. The third-order valence-corrected chi connectivity index (χ3v) is 3.21. The van der Waals surface area contributed by atoms with Crippen LogP contribution in [0.2, 0.25) is 0 Å². The number of thioether (sulfide) groups is 1. The van der Waals surface area contributed by atoms with Gasteiger partial charge >= 0.3 is 12.0 Å². The number of rotatable bonds is 7. The topological polar surface area (TPSA) is 84.5 Å². The summed E-state index contributed by atoms with van der Waals surface area (Å²) in [6.07, 6.45) is 0. The summed E-state index contributed by atoms with van der Waals surface area (Å²) >= 11 is 1.10. The first-order valence-corrected chi connectivity index (χ1v) is 7.62. The number of ether oxygens (including phenoxy) is 1. The predicted octanol–water partition coefficient (Wildman–Crippen LogP) is 1.31. The van der Waals surface area contributed by atoms with Gasteiger partial charge in [0.15, 0.2) is 0 Å². The molecule has 1 rings (SSSR count). The van der Waals surface area contributed by atoms with Gasteiger partial charge in [-0.2, -0.15) is 0 Å². The van der Waals surface area contributed by atoms with E-state index in [1.165, 1.54) is 0 Å². The lowest BCUT2D eigenvalue weighted by Crippen LogP contribution is -2.40. The zero-order chi connectivity index (χ0) is 15.5. The summed E-state index contributed by atoms with van der Waals surface area (Å²) in [5.41, 5.74) is 0.941. The van der Waals surface area contributed by atoms with E-state index < -0.39 is 11.9 Å². The van der Waals surface area contributed by atoms with Crippen LogP contribution in [0.25, 0.3) is 0 Å². The van der Waals surface area contributed by atoms with E-state index in [1.54, 1.807) is 6.92 Å².